The Morgan fingerprint density at radius 2 is 2.04 bits per heavy atom. The van der Waals surface area contributed by atoms with E-state index in [2.05, 4.69) is 5.32 Å². The van der Waals surface area contributed by atoms with Crippen LogP contribution in [0.25, 0.3) is 0 Å². The van der Waals surface area contributed by atoms with E-state index in [1.54, 1.807) is 25.1 Å². The van der Waals surface area contributed by atoms with E-state index in [1.807, 2.05) is 23.6 Å². The fraction of sp³-hybridized carbons (Fsp3) is 0.235. The molecule has 5 nitrogen and oxygen atoms in total. The van der Waals surface area contributed by atoms with Crippen molar-refractivity contribution in [3.8, 4) is 0 Å². The van der Waals surface area contributed by atoms with Crippen LogP contribution in [0.15, 0.2) is 46.7 Å². The van der Waals surface area contributed by atoms with E-state index in [-0.39, 0.29) is 30.5 Å². The molecule has 0 saturated heterocycles. The van der Waals surface area contributed by atoms with Crippen molar-refractivity contribution >= 4 is 46.4 Å². The lowest BCUT2D eigenvalue weighted by atomic mass is 10.3. The van der Waals surface area contributed by atoms with Crippen LogP contribution < -0.4 is 5.32 Å². The van der Waals surface area contributed by atoms with Gasteiger partial charge in [0.1, 0.15) is 6.42 Å². The number of amides is 1. The summed E-state index contributed by atoms with van der Waals surface area (Å²) in [4.78, 5) is 36.5. The molecule has 0 aliphatic rings. The molecule has 0 unspecified atom stereocenters. The van der Waals surface area contributed by atoms with Gasteiger partial charge in [-0.25, -0.2) is 0 Å². The Morgan fingerprint density at radius 3 is 2.75 bits per heavy atom. The molecule has 1 amide bonds. The molecule has 1 aromatic carbocycles. The number of thiophene rings is 1. The molecule has 0 spiro atoms. The number of thioether (sulfide) groups is 1. The van der Waals surface area contributed by atoms with E-state index in [9.17, 15) is 14.4 Å². The van der Waals surface area contributed by atoms with Gasteiger partial charge in [-0.1, -0.05) is 12.1 Å². The molecule has 0 aliphatic heterocycles. The number of benzene rings is 1. The third-order valence-corrected chi connectivity index (χ3v) is 4.81. The van der Waals surface area contributed by atoms with Crippen LogP contribution in [0.1, 0.15) is 23.0 Å². The number of anilines is 1. The highest BCUT2D eigenvalue weighted by atomic mass is 32.2. The molecular weight excluding hydrogens is 346 g/mol. The van der Waals surface area contributed by atoms with E-state index < -0.39 is 5.97 Å². The summed E-state index contributed by atoms with van der Waals surface area (Å²) in [6, 6.07) is 10.8. The molecule has 7 heteroatoms. The summed E-state index contributed by atoms with van der Waals surface area (Å²) in [5.74, 6) is -0.668. The third kappa shape index (κ3) is 5.82. The number of esters is 1. The maximum Gasteiger partial charge on any atom is 0.313 e. The summed E-state index contributed by atoms with van der Waals surface area (Å²) in [6.45, 7) is 1.97. The van der Waals surface area contributed by atoms with Crippen LogP contribution in [-0.2, 0) is 14.3 Å². The van der Waals surface area contributed by atoms with Crippen LogP contribution in [0.5, 0.6) is 0 Å². The van der Waals surface area contributed by atoms with Crippen molar-refractivity contribution in [2.45, 2.75) is 18.2 Å². The quantitative estimate of drug-likeness (QED) is 0.441. The first-order valence-electron chi connectivity index (χ1n) is 7.33. The van der Waals surface area contributed by atoms with E-state index in [0.717, 1.165) is 4.90 Å². The molecule has 0 fully saturated rings. The maximum atomic E-state index is 12.0. The zero-order valence-corrected chi connectivity index (χ0v) is 14.7. The number of hydrogen-bond donors (Lipinski definition) is 1. The zero-order chi connectivity index (χ0) is 17.4. The van der Waals surface area contributed by atoms with Gasteiger partial charge < -0.3 is 10.1 Å². The molecule has 24 heavy (non-hydrogen) atoms. The van der Waals surface area contributed by atoms with Crippen LogP contribution in [0.3, 0.4) is 0 Å². The van der Waals surface area contributed by atoms with Crippen LogP contribution in [0.2, 0.25) is 0 Å². The highest BCUT2D eigenvalue weighted by Crippen LogP contribution is 2.23. The predicted molar refractivity (Wildman–Crippen MR) is 95.7 cm³/mol. The van der Waals surface area contributed by atoms with Gasteiger partial charge in [0.05, 0.1) is 17.2 Å². The van der Waals surface area contributed by atoms with Gasteiger partial charge in [-0.15, -0.1) is 23.1 Å². The van der Waals surface area contributed by atoms with Gasteiger partial charge in [0.25, 0.3) is 5.91 Å². The van der Waals surface area contributed by atoms with E-state index in [1.165, 1.54) is 23.1 Å². The first-order chi connectivity index (χ1) is 11.6. The summed E-state index contributed by atoms with van der Waals surface area (Å²) >= 11 is 2.69. The molecule has 1 heterocycles. The molecule has 1 N–H and O–H groups in total. The molecular formula is C17H17NO4S2. The van der Waals surface area contributed by atoms with Crippen LogP contribution in [-0.4, -0.2) is 30.0 Å². The summed E-state index contributed by atoms with van der Waals surface area (Å²) in [7, 11) is 0. The Morgan fingerprint density at radius 1 is 1.21 bits per heavy atom. The second-order valence-corrected chi connectivity index (χ2v) is 6.76. The predicted octanol–water partition coefficient (Wildman–Crippen LogP) is 3.61. The van der Waals surface area contributed by atoms with Gasteiger partial charge in [0.15, 0.2) is 5.78 Å². The Hall–Kier alpha value is -2.12. The molecule has 1 aromatic heterocycles. The number of rotatable bonds is 8. The smallest absolute Gasteiger partial charge is 0.313 e. The Bertz CT molecular complexity index is 713. The van der Waals surface area contributed by atoms with E-state index >= 15 is 0 Å². The third-order valence-electron chi connectivity index (χ3n) is 2.88. The molecule has 0 bridgehead atoms. The molecule has 126 valence electrons. The standard InChI is InChI=1S/C17H17NO4S2/c1-2-22-16(20)10-13(19)11-24-14-6-3-5-12(9-14)18-17(21)15-7-4-8-23-15/h3-9H,2,10-11H2,1H3,(H,18,21). The molecule has 0 atom stereocenters. The summed E-state index contributed by atoms with van der Waals surface area (Å²) in [5, 5.41) is 4.66. The molecule has 2 rings (SSSR count). The van der Waals surface area contributed by atoms with Crippen LogP contribution in [0.4, 0.5) is 5.69 Å². The number of Topliss-reactive ketones (excluding diaryl/α,β-unsaturated/α-hetero) is 1. The summed E-state index contributed by atoms with van der Waals surface area (Å²) in [5.41, 5.74) is 0.663. The number of nitrogens with one attached hydrogen (secondary N) is 1. The number of hydrogen-bond acceptors (Lipinski definition) is 6. The van der Waals surface area contributed by atoms with Crippen LogP contribution in [0, 0.1) is 0 Å². The Kier molecular flexibility index (Phi) is 7.02. The first-order valence-corrected chi connectivity index (χ1v) is 9.20. The molecule has 0 aliphatic carbocycles. The Balaban J connectivity index is 1.87. The number of ketones is 1. The largest absolute Gasteiger partial charge is 0.466 e. The lowest BCUT2D eigenvalue weighted by Crippen LogP contribution is -2.12. The van der Waals surface area contributed by atoms with Gasteiger partial charge in [0.2, 0.25) is 0 Å². The lowest BCUT2D eigenvalue weighted by molar-refractivity contribution is -0.145. The van der Waals surface area contributed by atoms with Gasteiger partial charge in [-0.3, -0.25) is 14.4 Å². The highest BCUT2D eigenvalue weighted by molar-refractivity contribution is 8.00. The van der Waals surface area contributed by atoms with Crippen molar-refractivity contribution in [3.05, 3.63) is 46.7 Å². The maximum absolute atomic E-state index is 12.0. The zero-order valence-electron chi connectivity index (χ0n) is 13.1. The van der Waals surface area contributed by atoms with Crippen molar-refractivity contribution in [2.24, 2.45) is 0 Å². The van der Waals surface area contributed by atoms with Crippen molar-refractivity contribution < 1.29 is 19.1 Å². The average molecular weight is 363 g/mol. The van der Waals surface area contributed by atoms with Crippen LogP contribution >= 0.6 is 23.1 Å². The molecule has 2 aromatic rings. The van der Waals surface area contributed by atoms with Gasteiger partial charge in [-0.2, -0.15) is 0 Å². The topological polar surface area (TPSA) is 72.5 Å². The average Bonchev–Trinajstić information content (AvgIpc) is 3.08. The minimum atomic E-state index is -0.500. The summed E-state index contributed by atoms with van der Waals surface area (Å²) in [6.07, 6.45) is -0.213. The van der Waals surface area contributed by atoms with Crippen molar-refractivity contribution in [1.29, 1.82) is 0 Å². The second kappa shape index (κ2) is 9.24. The van der Waals surface area contributed by atoms with Gasteiger partial charge >= 0.3 is 5.97 Å². The highest BCUT2D eigenvalue weighted by Gasteiger charge is 2.11. The van der Waals surface area contributed by atoms with Crippen molar-refractivity contribution in [2.75, 3.05) is 17.7 Å². The van der Waals surface area contributed by atoms with Gasteiger partial charge in [-0.05, 0) is 36.6 Å². The molecule has 0 saturated carbocycles. The number of ether oxygens (including phenoxy) is 1. The minimum Gasteiger partial charge on any atom is -0.466 e. The summed E-state index contributed by atoms with van der Waals surface area (Å²) < 4.78 is 4.75. The second-order valence-electron chi connectivity index (χ2n) is 4.77. The fourth-order valence-electron chi connectivity index (χ4n) is 1.85. The fourth-order valence-corrected chi connectivity index (χ4v) is 3.29. The SMILES string of the molecule is CCOC(=O)CC(=O)CSc1cccc(NC(=O)c2cccs2)c1. The Labute approximate surface area is 148 Å². The lowest BCUT2D eigenvalue weighted by Gasteiger charge is -2.06. The van der Waals surface area contributed by atoms with E-state index in [4.69, 9.17) is 4.74 Å². The van der Waals surface area contributed by atoms with Crippen molar-refractivity contribution in [3.63, 3.8) is 0 Å². The first kappa shape index (κ1) is 18.2. The normalized spacial score (nSPS) is 10.2. The van der Waals surface area contributed by atoms with Gasteiger partial charge in [0, 0.05) is 10.6 Å². The molecule has 0 radical (unpaired) electrons. The monoisotopic (exact) mass is 363 g/mol. The van der Waals surface area contributed by atoms with Crippen molar-refractivity contribution in [1.82, 2.24) is 0 Å². The minimum absolute atomic E-state index is 0.162. The number of carbonyl (C=O) groups is 3. The number of carbonyl (C=O) groups excluding carboxylic acids is 3. The van der Waals surface area contributed by atoms with E-state index in [0.29, 0.717) is 10.6 Å².